The first-order valence-electron chi connectivity index (χ1n) is 8.55. The number of likely N-dealkylation sites (tertiary alicyclic amines) is 1. The number of amides is 1. The van der Waals surface area contributed by atoms with Crippen LogP contribution in [-0.4, -0.2) is 48.2 Å². The second-order valence-corrected chi connectivity index (χ2v) is 6.42. The molecule has 1 aromatic carbocycles. The van der Waals surface area contributed by atoms with E-state index in [1.54, 1.807) is 7.11 Å². The Morgan fingerprint density at radius 1 is 1.36 bits per heavy atom. The minimum Gasteiger partial charge on any atom is -0.381 e. The number of hydrogen-bond donors (Lipinski definition) is 1. The second kappa shape index (κ2) is 7.80. The molecule has 0 atom stereocenters. The van der Waals surface area contributed by atoms with Crippen LogP contribution in [-0.2, 0) is 11.3 Å². The van der Waals surface area contributed by atoms with E-state index in [4.69, 9.17) is 10.5 Å². The molecule has 134 valence electrons. The smallest absolute Gasteiger partial charge is 0.253 e. The molecular formula is C19H24FN3O2. The maximum Gasteiger partial charge on any atom is 0.253 e. The van der Waals surface area contributed by atoms with Crippen LogP contribution in [0.25, 0.3) is 10.9 Å². The van der Waals surface area contributed by atoms with Gasteiger partial charge in [-0.15, -0.1) is 0 Å². The number of piperidine rings is 1. The fraction of sp³-hybridized carbons (Fsp3) is 0.421. The van der Waals surface area contributed by atoms with E-state index < -0.39 is 0 Å². The van der Waals surface area contributed by atoms with Gasteiger partial charge in [-0.25, -0.2) is 4.39 Å². The van der Waals surface area contributed by atoms with Gasteiger partial charge in [-0.3, -0.25) is 4.79 Å². The van der Waals surface area contributed by atoms with E-state index >= 15 is 0 Å². The molecule has 2 heterocycles. The highest BCUT2D eigenvalue weighted by Crippen LogP contribution is 2.21. The number of ether oxygens (including phenoxy) is 1. The molecule has 1 amide bonds. The topological polar surface area (TPSA) is 60.5 Å². The van der Waals surface area contributed by atoms with Crippen molar-refractivity contribution in [1.29, 1.82) is 0 Å². The van der Waals surface area contributed by atoms with Gasteiger partial charge in [-0.1, -0.05) is 0 Å². The summed E-state index contributed by atoms with van der Waals surface area (Å²) in [6, 6.07) is 7.59. The number of nitrogens with two attached hydrogens (primary N) is 1. The number of halogens is 1. The van der Waals surface area contributed by atoms with Crippen molar-refractivity contribution in [1.82, 2.24) is 9.47 Å². The standard InChI is InChI=1S/C19H24FN3O2/c1-25-17-5-8-22(9-6-17)19(24)16-2-3-18-15(10-16)4-7-23(18)13-14(11-20)12-21/h2-4,7,10-11,17H,5-6,8-9,12-13,21H2,1H3. The summed E-state index contributed by atoms with van der Waals surface area (Å²) >= 11 is 0. The van der Waals surface area contributed by atoms with Crippen LogP contribution < -0.4 is 5.73 Å². The lowest BCUT2D eigenvalue weighted by Gasteiger charge is -2.31. The SMILES string of the molecule is COC1CCN(C(=O)c2ccc3c(ccn3CC(=CF)CN)c2)CC1. The normalized spacial score (nSPS) is 16.6. The summed E-state index contributed by atoms with van der Waals surface area (Å²) in [6.07, 6.45) is 4.45. The Hall–Kier alpha value is -2.18. The van der Waals surface area contributed by atoms with Crippen LogP contribution in [0, 0.1) is 0 Å². The quantitative estimate of drug-likeness (QED) is 0.906. The Morgan fingerprint density at radius 2 is 2.12 bits per heavy atom. The van der Waals surface area contributed by atoms with Crippen LogP contribution in [0.4, 0.5) is 4.39 Å². The third kappa shape index (κ3) is 3.75. The van der Waals surface area contributed by atoms with Crippen LogP contribution in [0.3, 0.4) is 0 Å². The molecule has 1 aliphatic heterocycles. The van der Waals surface area contributed by atoms with Gasteiger partial charge in [0, 0.05) is 56.0 Å². The third-order valence-electron chi connectivity index (χ3n) is 4.87. The minimum atomic E-state index is 0.0514. The van der Waals surface area contributed by atoms with Crippen LogP contribution in [0.2, 0.25) is 0 Å². The number of hydrogen-bond acceptors (Lipinski definition) is 3. The molecule has 2 N–H and O–H groups in total. The van der Waals surface area contributed by atoms with Gasteiger partial charge in [0.2, 0.25) is 0 Å². The highest BCUT2D eigenvalue weighted by molar-refractivity contribution is 5.98. The van der Waals surface area contributed by atoms with Crippen LogP contribution in [0.5, 0.6) is 0 Å². The number of nitrogens with zero attached hydrogens (tertiary/aromatic N) is 2. The second-order valence-electron chi connectivity index (χ2n) is 6.42. The largest absolute Gasteiger partial charge is 0.381 e. The number of carbonyl (C=O) groups is 1. The Bertz CT molecular complexity index is 776. The van der Waals surface area contributed by atoms with Crippen LogP contribution >= 0.6 is 0 Å². The first-order chi connectivity index (χ1) is 12.2. The molecular weight excluding hydrogens is 321 g/mol. The zero-order valence-electron chi connectivity index (χ0n) is 14.5. The molecule has 0 spiro atoms. The molecule has 0 bridgehead atoms. The predicted octanol–water partition coefficient (Wildman–Crippen LogP) is 2.70. The molecule has 0 saturated carbocycles. The average Bonchev–Trinajstić information content (AvgIpc) is 3.07. The zero-order chi connectivity index (χ0) is 17.8. The van der Waals surface area contributed by atoms with Crippen molar-refractivity contribution in [2.45, 2.75) is 25.5 Å². The Kier molecular flexibility index (Phi) is 5.50. The molecule has 5 nitrogen and oxygen atoms in total. The Balaban J connectivity index is 1.77. The molecule has 1 aliphatic rings. The predicted molar refractivity (Wildman–Crippen MR) is 96.1 cm³/mol. The maximum absolute atomic E-state index is 12.8. The van der Waals surface area contributed by atoms with Crippen molar-refractivity contribution >= 4 is 16.8 Å². The van der Waals surface area contributed by atoms with Gasteiger partial charge in [-0.05, 0) is 42.7 Å². The van der Waals surface area contributed by atoms with Gasteiger partial charge in [0.05, 0.1) is 12.4 Å². The summed E-state index contributed by atoms with van der Waals surface area (Å²) in [6.45, 7) is 2.04. The molecule has 0 aliphatic carbocycles. The summed E-state index contributed by atoms with van der Waals surface area (Å²) < 4.78 is 20.1. The first kappa shape index (κ1) is 17.6. The van der Waals surface area contributed by atoms with E-state index in [9.17, 15) is 9.18 Å². The van der Waals surface area contributed by atoms with Crippen molar-refractivity contribution < 1.29 is 13.9 Å². The summed E-state index contributed by atoms with van der Waals surface area (Å²) in [4.78, 5) is 14.6. The number of methoxy groups -OCH3 is 1. The lowest BCUT2D eigenvalue weighted by Crippen LogP contribution is -2.40. The molecule has 3 rings (SSSR count). The van der Waals surface area contributed by atoms with E-state index in [0.717, 1.165) is 36.8 Å². The highest BCUT2D eigenvalue weighted by Gasteiger charge is 2.23. The summed E-state index contributed by atoms with van der Waals surface area (Å²) in [5, 5.41) is 0.966. The van der Waals surface area contributed by atoms with Crippen LogP contribution in [0.15, 0.2) is 42.4 Å². The minimum absolute atomic E-state index is 0.0514. The van der Waals surface area contributed by atoms with Gasteiger partial charge in [0.15, 0.2) is 0 Å². The monoisotopic (exact) mass is 345 g/mol. The number of benzene rings is 1. The molecule has 1 saturated heterocycles. The molecule has 0 radical (unpaired) electrons. The van der Waals surface area contributed by atoms with Crippen molar-refractivity contribution in [3.05, 3.63) is 47.9 Å². The van der Waals surface area contributed by atoms with Gasteiger partial charge in [-0.2, -0.15) is 0 Å². The summed E-state index contributed by atoms with van der Waals surface area (Å²) in [5.74, 6) is 0.0514. The molecule has 1 fully saturated rings. The van der Waals surface area contributed by atoms with Crippen molar-refractivity contribution in [3.8, 4) is 0 Å². The van der Waals surface area contributed by atoms with Crippen LogP contribution in [0.1, 0.15) is 23.2 Å². The number of rotatable bonds is 5. The zero-order valence-corrected chi connectivity index (χ0v) is 14.5. The maximum atomic E-state index is 12.8. The Morgan fingerprint density at radius 3 is 2.76 bits per heavy atom. The first-order valence-corrected chi connectivity index (χ1v) is 8.55. The lowest BCUT2D eigenvalue weighted by atomic mass is 10.1. The summed E-state index contributed by atoms with van der Waals surface area (Å²) in [7, 11) is 1.72. The van der Waals surface area contributed by atoms with E-state index in [1.807, 2.05) is 39.9 Å². The number of carbonyl (C=O) groups excluding carboxylic acids is 1. The number of fused-ring (bicyclic) bond motifs is 1. The molecule has 1 aromatic heterocycles. The van der Waals surface area contributed by atoms with E-state index in [-0.39, 0.29) is 18.6 Å². The lowest BCUT2D eigenvalue weighted by molar-refractivity contribution is 0.0351. The molecule has 25 heavy (non-hydrogen) atoms. The van der Waals surface area contributed by atoms with Crippen molar-refractivity contribution in [2.24, 2.45) is 5.73 Å². The molecule has 2 aromatic rings. The molecule has 0 unspecified atom stereocenters. The van der Waals surface area contributed by atoms with Gasteiger partial charge < -0.3 is 19.9 Å². The van der Waals surface area contributed by atoms with Gasteiger partial charge in [0.25, 0.3) is 5.91 Å². The summed E-state index contributed by atoms with van der Waals surface area (Å²) in [5.41, 5.74) is 7.70. The third-order valence-corrected chi connectivity index (χ3v) is 4.87. The van der Waals surface area contributed by atoms with Gasteiger partial charge in [0.1, 0.15) is 0 Å². The van der Waals surface area contributed by atoms with Crippen molar-refractivity contribution in [2.75, 3.05) is 26.7 Å². The van der Waals surface area contributed by atoms with Gasteiger partial charge >= 0.3 is 0 Å². The highest BCUT2D eigenvalue weighted by atomic mass is 19.1. The van der Waals surface area contributed by atoms with Crippen molar-refractivity contribution in [3.63, 3.8) is 0 Å². The average molecular weight is 345 g/mol. The fourth-order valence-corrected chi connectivity index (χ4v) is 3.31. The fourth-order valence-electron chi connectivity index (χ4n) is 3.31. The Labute approximate surface area is 146 Å². The van der Waals surface area contributed by atoms with E-state index in [0.29, 0.717) is 24.0 Å². The number of aromatic nitrogens is 1. The molecule has 6 heteroatoms. The van der Waals surface area contributed by atoms with E-state index in [1.165, 1.54) is 0 Å². The van der Waals surface area contributed by atoms with E-state index in [2.05, 4.69) is 0 Å².